The maximum Gasteiger partial charge on any atom is 0.0459 e. The van der Waals surface area contributed by atoms with Crippen LogP contribution in [0.1, 0.15) is 71.6 Å². The van der Waals surface area contributed by atoms with Crippen molar-refractivity contribution < 1.29 is 5.11 Å². The summed E-state index contributed by atoms with van der Waals surface area (Å²) in [5, 5.41) is 13.9. The minimum atomic E-state index is 0.341. The largest absolute Gasteiger partial charge is 0.396 e. The topological polar surface area (TPSA) is 35.5 Å². The summed E-state index contributed by atoms with van der Waals surface area (Å²) in [4.78, 5) is 3.29. The number of rotatable bonds is 8. The van der Waals surface area contributed by atoms with Crippen molar-refractivity contribution in [2.45, 2.75) is 87.9 Å². The third kappa shape index (κ3) is 7.63. The molecule has 0 radical (unpaired) electrons. The first kappa shape index (κ1) is 24.3. The van der Waals surface area contributed by atoms with Crippen molar-refractivity contribution in [3.05, 3.63) is 0 Å². The number of aliphatic hydroxyl groups is 1. The molecule has 0 aromatic rings. The van der Waals surface area contributed by atoms with Crippen LogP contribution in [0, 0.1) is 29.6 Å². The molecule has 3 aliphatic rings. The van der Waals surface area contributed by atoms with Crippen molar-refractivity contribution in [3.8, 4) is 0 Å². The smallest absolute Gasteiger partial charge is 0.0459 e. The Balaban J connectivity index is 1.40. The standard InChI is InChI=1S/C24H44BrClN2O/c1-17(2)24(27-14-18-11-19(16-29)13-22(25)12-18)15-28-9-7-21(8-10-28)20-3-5-23(26)6-4-20/h17-24,27,29H,3-16H2,1-2H3/t18?,19?,20?,22?,23?,24-/m0/s1. The van der Waals surface area contributed by atoms with Crippen LogP contribution in [-0.4, -0.2) is 59.0 Å². The molecule has 0 aromatic heterocycles. The zero-order chi connectivity index (χ0) is 20.8. The molecule has 29 heavy (non-hydrogen) atoms. The van der Waals surface area contributed by atoms with Gasteiger partial charge in [0.25, 0.3) is 0 Å². The number of nitrogens with one attached hydrogen (secondary N) is 1. The van der Waals surface area contributed by atoms with Gasteiger partial charge in [-0.15, -0.1) is 11.6 Å². The molecular weight excluding hydrogens is 448 g/mol. The van der Waals surface area contributed by atoms with Crippen LogP contribution in [0.5, 0.6) is 0 Å². The average molecular weight is 492 g/mol. The van der Waals surface area contributed by atoms with Gasteiger partial charge in [0.05, 0.1) is 0 Å². The highest BCUT2D eigenvalue weighted by atomic mass is 79.9. The first-order valence-corrected chi connectivity index (χ1v) is 13.6. The molecule has 170 valence electrons. The van der Waals surface area contributed by atoms with Crippen molar-refractivity contribution in [1.29, 1.82) is 0 Å². The molecule has 4 atom stereocenters. The van der Waals surface area contributed by atoms with Gasteiger partial charge in [0, 0.05) is 29.4 Å². The van der Waals surface area contributed by atoms with E-state index in [1.165, 1.54) is 71.0 Å². The summed E-state index contributed by atoms with van der Waals surface area (Å²) in [7, 11) is 0. The third-order valence-corrected chi connectivity index (χ3v) is 9.22. The Kier molecular flexibility index (Phi) is 10.1. The summed E-state index contributed by atoms with van der Waals surface area (Å²) in [5.74, 6) is 3.70. The first-order valence-electron chi connectivity index (χ1n) is 12.3. The fraction of sp³-hybridized carbons (Fsp3) is 1.00. The minimum absolute atomic E-state index is 0.341. The van der Waals surface area contributed by atoms with Crippen LogP contribution in [0.25, 0.3) is 0 Å². The van der Waals surface area contributed by atoms with Crippen LogP contribution in [0.15, 0.2) is 0 Å². The normalized spacial score (nSPS) is 36.4. The summed E-state index contributed by atoms with van der Waals surface area (Å²) in [6, 6.07) is 0.571. The Hall–Kier alpha value is 0.650. The van der Waals surface area contributed by atoms with Crippen molar-refractivity contribution in [3.63, 3.8) is 0 Å². The van der Waals surface area contributed by atoms with Crippen LogP contribution in [0.4, 0.5) is 0 Å². The van der Waals surface area contributed by atoms with E-state index in [1.807, 2.05) is 0 Å². The van der Waals surface area contributed by atoms with Gasteiger partial charge in [-0.05, 0) is 107 Å². The van der Waals surface area contributed by atoms with Gasteiger partial charge in [-0.3, -0.25) is 0 Å². The maximum atomic E-state index is 9.58. The Labute approximate surface area is 192 Å². The van der Waals surface area contributed by atoms with Gasteiger partial charge in [0.2, 0.25) is 0 Å². The minimum Gasteiger partial charge on any atom is -0.396 e. The molecule has 3 unspecified atom stereocenters. The molecule has 1 aliphatic heterocycles. The summed E-state index contributed by atoms with van der Waals surface area (Å²) >= 11 is 10.1. The molecular formula is C24H44BrClN2O. The number of likely N-dealkylation sites (tertiary alicyclic amines) is 1. The molecule has 0 aromatic carbocycles. The molecule has 2 N–H and O–H groups in total. The van der Waals surface area contributed by atoms with Gasteiger partial charge in [0.1, 0.15) is 0 Å². The number of aliphatic hydroxyl groups excluding tert-OH is 1. The van der Waals surface area contributed by atoms with E-state index in [4.69, 9.17) is 11.6 Å². The first-order chi connectivity index (χ1) is 13.9. The highest BCUT2D eigenvalue weighted by Gasteiger charge is 2.31. The van der Waals surface area contributed by atoms with Crippen molar-refractivity contribution in [2.75, 3.05) is 32.8 Å². The monoisotopic (exact) mass is 490 g/mol. The van der Waals surface area contributed by atoms with E-state index in [2.05, 4.69) is 40.0 Å². The van der Waals surface area contributed by atoms with Gasteiger partial charge in [-0.1, -0.05) is 29.8 Å². The number of nitrogens with zero attached hydrogens (tertiary/aromatic N) is 1. The molecule has 2 saturated carbocycles. The van der Waals surface area contributed by atoms with E-state index in [9.17, 15) is 5.11 Å². The summed E-state index contributed by atoms with van der Waals surface area (Å²) in [5.41, 5.74) is 0. The number of hydrogen-bond acceptors (Lipinski definition) is 3. The van der Waals surface area contributed by atoms with Crippen molar-refractivity contribution in [1.82, 2.24) is 10.2 Å². The second kappa shape index (κ2) is 12.0. The van der Waals surface area contributed by atoms with E-state index < -0.39 is 0 Å². The van der Waals surface area contributed by atoms with Crippen LogP contribution >= 0.6 is 27.5 Å². The van der Waals surface area contributed by atoms with E-state index in [1.54, 1.807) is 0 Å². The predicted molar refractivity (Wildman–Crippen MR) is 128 cm³/mol. The average Bonchev–Trinajstić information content (AvgIpc) is 2.71. The van der Waals surface area contributed by atoms with E-state index in [0.717, 1.165) is 24.8 Å². The van der Waals surface area contributed by atoms with Gasteiger partial charge in [-0.2, -0.15) is 0 Å². The van der Waals surface area contributed by atoms with Crippen LogP contribution < -0.4 is 5.32 Å². The molecule has 5 heteroatoms. The van der Waals surface area contributed by atoms with E-state index in [-0.39, 0.29) is 0 Å². The molecule has 3 rings (SSSR count). The van der Waals surface area contributed by atoms with Crippen LogP contribution in [-0.2, 0) is 0 Å². The molecule has 0 bridgehead atoms. The molecule has 1 saturated heterocycles. The Morgan fingerprint density at radius 3 is 2.21 bits per heavy atom. The highest BCUT2D eigenvalue weighted by Crippen LogP contribution is 2.37. The van der Waals surface area contributed by atoms with Gasteiger partial charge < -0.3 is 15.3 Å². The second-order valence-corrected chi connectivity index (χ2v) is 12.5. The fourth-order valence-corrected chi connectivity index (χ4v) is 7.37. The quantitative estimate of drug-likeness (QED) is 0.453. The summed E-state index contributed by atoms with van der Waals surface area (Å²) in [6.07, 6.45) is 11.5. The molecule has 2 aliphatic carbocycles. The van der Waals surface area contributed by atoms with Gasteiger partial charge in [-0.25, -0.2) is 0 Å². The zero-order valence-electron chi connectivity index (χ0n) is 18.7. The maximum absolute atomic E-state index is 9.58. The Morgan fingerprint density at radius 2 is 1.59 bits per heavy atom. The molecule has 1 heterocycles. The number of halogens is 2. The van der Waals surface area contributed by atoms with Gasteiger partial charge >= 0.3 is 0 Å². The summed E-state index contributed by atoms with van der Waals surface area (Å²) in [6.45, 7) is 9.89. The lowest BCUT2D eigenvalue weighted by Crippen LogP contribution is -2.49. The molecule has 0 amide bonds. The van der Waals surface area contributed by atoms with E-state index in [0.29, 0.717) is 40.6 Å². The lowest BCUT2D eigenvalue weighted by molar-refractivity contribution is 0.110. The number of hydrogen-bond donors (Lipinski definition) is 2. The van der Waals surface area contributed by atoms with Gasteiger partial charge in [0.15, 0.2) is 0 Å². The molecule has 0 spiro atoms. The van der Waals surface area contributed by atoms with Crippen molar-refractivity contribution in [2.24, 2.45) is 29.6 Å². The lowest BCUT2D eigenvalue weighted by atomic mass is 9.75. The molecule has 3 fully saturated rings. The van der Waals surface area contributed by atoms with Crippen LogP contribution in [0.2, 0.25) is 0 Å². The number of piperidine rings is 1. The second-order valence-electron chi connectivity index (χ2n) is 10.6. The zero-order valence-corrected chi connectivity index (χ0v) is 21.0. The Morgan fingerprint density at radius 1 is 0.966 bits per heavy atom. The highest BCUT2D eigenvalue weighted by molar-refractivity contribution is 9.09. The lowest BCUT2D eigenvalue weighted by Gasteiger charge is -2.40. The molecule has 3 nitrogen and oxygen atoms in total. The third-order valence-electron chi connectivity index (χ3n) is 8.03. The summed E-state index contributed by atoms with van der Waals surface area (Å²) < 4.78 is 0. The fourth-order valence-electron chi connectivity index (χ4n) is 6.06. The Bertz CT molecular complexity index is 464. The van der Waals surface area contributed by atoms with Crippen molar-refractivity contribution >= 4 is 27.5 Å². The van der Waals surface area contributed by atoms with Crippen LogP contribution in [0.3, 0.4) is 0 Å². The number of alkyl halides is 2. The SMILES string of the molecule is CC(C)[C@H](CN1CCC(C2CCC(Cl)CC2)CC1)NCC1CC(Br)CC(CO)C1. The van der Waals surface area contributed by atoms with E-state index >= 15 is 0 Å². The predicted octanol–water partition coefficient (Wildman–Crippen LogP) is 5.28.